The Bertz CT molecular complexity index is 1250. The second kappa shape index (κ2) is 8.87. The summed E-state index contributed by atoms with van der Waals surface area (Å²) in [4.78, 5) is 33.6. The van der Waals surface area contributed by atoms with Crippen molar-refractivity contribution in [3.8, 4) is 0 Å². The third-order valence-corrected chi connectivity index (χ3v) is 7.86. The van der Waals surface area contributed by atoms with E-state index in [1.54, 1.807) is 17.0 Å². The molecule has 0 saturated carbocycles. The summed E-state index contributed by atoms with van der Waals surface area (Å²) in [5.41, 5.74) is 15.6. The Balaban J connectivity index is 1.81. The zero-order valence-corrected chi connectivity index (χ0v) is 19.9. The van der Waals surface area contributed by atoms with Crippen molar-refractivity contribution in [1.29, 1.82) is 0 Å². The molecule has 0 unspecified atom stereocenters. The van der Waals surface area contributed by atoms with Gasteiger partial charge in [-0.3, -0.25) is 19.9 Å². The lowest BCUT2D eigenvalue weighted by atomic mass is 9.92. The summed E-state index contributed by atoms with van der Waals surface area (Å²) >= 11 is 0. The predicted octanol–water partition coefficient (Wildman–Crippen LogP) is 0.114. The van der Waals surface area contributed by atoms with E-state index in [0.29, 0.717) is 36.3 Å². The third kappa shape index (κ3) is 4.71. The van der Waals surface area contributed by atoms with Crippen LogP contribution in [0.15, 0.2) is 12.3 Å². The first-order valence-electron chi connectivity index (χ1n) is 11.1. The summed E-state index contributed by atoms with van der Waals surface area (Å²) in [5.74, 6) is -1.05. The van der Waals surface area contributed by atoms with Gasteiger partial charge in [-0.1, -0.05) is 0 Å². The first-order chi connectivity index (χ1) is 16.0. The van der Waals surface area contributed by atoms with Gasteiger partial charge in [-0.15, -0.1) is 0 Å². The molecular weight excluding hydrogens is 462 g/mol. The highest BCUT2D eigenvalue weighted by molar-refractivity contribution is 7.91. The van der Waals surface area contributed by atoms with Crippen molar-refractivity contribution in [2.24, 2.45) is 11.5 Å². The molecule has 184 valence electrons. The van der Waals surface area contributed by atoms with Crippen molar-refractivity contribution >= 4 is 44.1 Å². The average molecular weight is 492 g/mol. The number of aromatic nitrogens is 3. The van der Waals surface area contributed by atoms with Gasteiger partial charge in [0.05, 0.1) is 46.8 Å². The number of fused-ring (bicyclic) bond motifs is 1. The van der Waals surface area contributed by atoms with Crippen molar-refractivity contribution in [3.05, 3.63) is 23.5 Å². The Hall–Kier alpha value is -3.19. The van der Waals surface area contributed by atoms with Crippen molar-refractivity contribution in [1.82, 2.24) is 20.2 Å². The number of nitrogens with one attached hydrogen (secondary N) is 2. The van der Waals surface area contributed by atoms with Crippen LogP contribution in [-0.2, 0) is 30.8 Å². The molecule has 0 radical (unpaired) electrons. The Kier molecular flexibility index (Phi) is 6.25. The quantitative estimate of drug-likeness (QED) is 0.398. The topological polar surface area (TPSA) is 184 Å². The van der Waals surface area contributed by atoms with E-state index in [1.165, 1.54) is 0 Å². The van der Waals surface area contributed by atoms with Gasteiger partial charge < -0.3 is 16.8 Å². The number of carbonyl (C=O) groups is 2. The summed E-state index contributed by atoms with van der Waals surface area (Å²) < 4.78 is 25.6. The number of sulfone groups is 1. The van der Waals surface area contributed by atoms with Gasteiger partial charge in [0.15, 0.2) is 5.65 Å². The van der Waals surface area contributed by atoms with Gasteiger partial charge in [-0.2, -0.15) is 5.10 Å². The zero-order valence-electron chi connectivity index (χ0n) is 19.1. The van der Waals surface area contributed by atoms with E-state index >= 15 is 0 Å². The van der Waals surface area contributed by atoms with Gasteiger partial charge in [0.25, 0.3) is 0 Å². The molecule has 0 aliphatic carbocycles. The smallest absolute Gasteiger partial charge is 0.220 e. The summed E-state index contributed by atoms with van der Waals surface area (Å²) in [6.45, 7) is 4.48. The third-order valence-electron chi connectivity index (χ3n) is 6.15. The van der Waals surface area contributed by atoms with Gasteiger partial charge in [0.1, 0.15) is 15.4 Å². The number of hydrogen-bond donors (Lipinski definition) is 4. The highest BCUT2D eigenvalue weighted by atomic mass is 32.2. The summed E-state index contributed by atoms with van der Waals surface area (Å²) in [6, 6.07) is -0.0684. The number of primary amides is 2. The number of amides is 2. The van der Waals surface area contributed by atoms with Crippen LogP contribution >= 0.6 is 0 Å². The van der Waals surface area contributed by atoms with Crippen LogP contribution in [0.3, 0.4) is 0 Å². The first-order valence-corrected chi connectivity index (χ1v) is 12.9. The number of pyridine rings is 1. The fourth-order valence-electron chi connectivity index (χ4n) is 4.57. The second-order valence-corrected chi connectivity index (χ2v) is 11.1. The van der Waals surface area contributed by atoms with Crippen LogP contribution in [0, 0.1) is 6.92 Å². The molecule has 4 rings (SSSR count). The minimum absolute atomic E-state index is 0.0684. The molecule has 13 heteroatoms. The molecule has 0 spiro atoms. The number of hydrogen-bond acceptors (Lipinski definition) is 9. The second-order valence-electron chi connectivity index (χ2n) is 8.83. The van der Waals surface area contributed by atoms with E-state index in [-0.39, 0.29) is 30.4 Å². The largest absolute Gasteiger partial charge is 0.381 e. The van der Waals surface area contributed by atoms with Crippen LogP contribution in [-0.4, -0.2) is 58.1 Å². The molecular formula is C21H29N7O5S. The Morgan fingerprint density at radius 1 is 1.26 bits per heavy atom. The molecule has 1 saturated heterocycles. The molecule has 6 N–H and O–H groups in total. The predicted molar refractivity (Wildman–Crippen MR) is 126 cm³/mol. The number of nitrogens with two attached hydrogens (primary N) is 2. The molecule has 2 aromatic heterocycles. The number of rotatable bonds is 8. The highest BCUT2D eigenvalue weighted by Crippen LogP contribution is 2.38. The van der Waals surface area contributed by atoms with Gasteiger partial charge >= 0.3 is 0 Å². The SMILES string of the molecule is CCn1nc(C)c2c(NC3CCS(=O)(=O)CC3)c(C3=CC(CC(N)=O)(CC(N)=O)ON3)cnc21. The van der Waals surface area contributed by atoms with Crippen LogP contribution in [0.5, 0.6) is 0 Å². The lowest BCUT2D eigenvalue weighted by molar-refractivity contribution is -0.131. The molecule has 0 aromatic carbocycles. The van der Waals surface area contributed by atoms with Gasteiger partial charge in [0, 0.05) is 24.3 Å². The summed E-state index contributed by atoms with van der Waals surface area (Å²) in [7, 11) is -3.02. The lowest BCUT2D eigenvalue weighted by Crippen LogP contribution is -2.38. The van der Waals surface area contributed by atoms with E-state index in [4.69, 9.17) is 16.3 Å². The average Bonchev–Trinajstić information content (AvgIpc) is 3.29. The number of hydroxylamine groups is 1. The Labute approximate surface area is 197 Å². The maximum Gasteiger partial charge on any atom is 0.220 e. The molecule has 4 heterocycles. The molecule has 0 atom stereocenters. The van der Waals surface area contributed by atoms with Crippen LogP contribution in [0.1, 0.15) is 43.9 Å². The monoisotopic (exact) mass is 491 g/mol. The van der Waals surface area contributed by atoms with Crippen LogP contribution in [0.2, 0.25) is 0 Å². The van der Waals surface area contributed by atoms with Gasteiger partial charge in [0.2, 0.25) is 11.8 Å². The molecule has 1 fully saturated rings. The molecule has 2 aromatic rings. The van der Waals surface area contributed by atoms with Crippen molar-refractivity contribution in [2.45, 2.75) is 57.7 Å². The van der Waals surface area contributed by atoms with Gasteiger partial charge in [-0.25, -0.2) is 18.1 Å². The Morgan fingerprint density at radius 2 is 1.91 bits per heavy atom. The highest BCUT2D eigenvalue weighted by Gasteiger charge is 2.40. The Morgan fingerprint density at radius 3 is 2.50 bits per heavy atom. The standard InChI is InChI=1S/C21H29N7O5S/c1-3-28-20-18(12(2)26-28)19(25-13-4-6-34(31,32)7-5-13)14(11-24-20)15-8-21(33-27-15,9-16(22)29)10-17(23)30/h8,11,13,27H,3-7,9-10H2,1-2H3,(H2,22,29)(H2,23,30)(H,24,25). The first kappa shape index (κ1) is 24.0. The fraction of sp³-hybridized carbons (Fsp3) is 0.524. The van der Waals surface area contributed by atoms with E-state index in [1.807, 2.05) is 13.8 Å². The van der Waals surface area contributed by atoms with E-state index in [2.05, 4.69) is 20.9 Å². The van der Waals surface area contributed by atoms with Gasteiger partial charge in [-0.05, 0) is 32.8 Å². The van der Waals surface area contributed by atoms with Crippen LogP contribution in [0.4, 0.5) is 5.69 Å². The minimum Gasteiger partial charge on any atom is -0.381 e. The van der Waals surface area contributed by atoms with Crippen LogP contribution < -0.4 is 22.3 Å². The van der Waals surface area contributed by atoms with E-state index in [0.717, 1.165) is 16.8 Å². The normalized spacial score (nSPS) is 19.5. The van der Waals surface area contributed by atoms with Crippen molar-refractivity contribution in [3.63, 3.8) is 0 Å². The van der Waals surface area contributed by atoms with Crippen molar-refractivity contribution in [2.75, 3.05) is 16.8 Å². The molecule has 34 heavy (non-hydrogen) atoms. The molecule has 0 bridgehead atoms. The molecule has 2 aliphatic heterocycles. The number of aryl methyl sites for hydroxylation is 2. The summed E-state index contributed by atoms with van der Waals surface area (Å²) in [6.07, 6.45) is 3.76. The summed E-state index contributed by atoms with van der Waals surface area (Å²) in [5, 5.41) is 8.91. The molecule has 2 aliphatic rings. The number of carbonyl (C=O) groups excluding carboxylic acids is 2. The molecule has 12 nitrogen and oxygen atoms in total. The maximum absolute atomic E-state index is 11.9. The van der Waals surface area contributed by atoms with E-state index in [9.17, 15) is 18.0 Å². The fourth-order valence-corrected chi connectivity index (χ4v) is 6.06. The van der Waals surface area contributed by atoms with E-state index < -0.39 is 27.3 Å². The maximum atomic E-state index is 11.9. The van der Waals surface area contributed by atoms with Crippen LogP contribution in [0.25, 0.3) is 16.7 Å². The number of anilines is 1. The lowest BCUT2D eigenvalue weighted by Gasteiger charge is -2.26. The molecule has 2 amide bonds. The minimum atomic E-state index is -3.02. The number of nitrogens with zero attached hydrogens (tertiary/aromatic N) is 3. The zero-order chi connectivity index (χ0) is 24.7. The van der Waals surface area contributed by atoms with Crippen molar-refractivity contribution < 1.29 is 22.8 Å².